The summed E-state index contributed by atoms with van der Waals surface area (Å²) in [6.45, 7) is 6.32. The first kappa shape index (κ1) is 30.2. The van der Waals surface area contributed by atoms with E-state index >= 15 is 0 Å². The average Bonchev–Trinajstić information content (AvgIpc) is 2.97. The first-order valence-corrected chi connectivity index (χ1v) is 13.8. The highest BCUT2D eigenvalue weighted by molar-refractivity contribution is 6.00. The average molecular weight is 570 g/mol. The molecule has 1 heterocycles. The van der Waals surface area contributed by atoms with Crippen molar-refractivity contribution >= 4 is 17.6 Å². The van der Waals surface area contributed by atoms with Crippen LogP contribution in [0.2, 0.25) is 0 Å². The maximum absolute atomic E-state index is 14.1. The molecule has 3 aromatic rings. The van der Waals surface area contributed by atoms with Crippen molar-refractivity contribution in [3.63, 3.8) is 0 Å². The molecule has 1 N–H and O–H groups in total. The zero-order chi connectivity index (χ0) is 30.2. The molecule has 0 aromatic heterocycles. The summed E-state index contributed by atoms with van der Waals surface area (Å²) in [5.74, 6) is -2.18. The monoisotopic (exact) mass is 569 g/mol. The van der Waals surface area contributed by atoms with Crippen LogP contribution >= 0.6 is 0 Å². The molecule has 42 heavy (non-hydrogen) atoms. The summed E-state index contributed by atoms with van der Waals surface area (Å²) >= 11 is 0. The van der Waals surface area contributed by atoms with Gasteiger partial charge in [-0.25, -0.2) is 9.59 Å². The molecular weight excluding hydrogens is 534 g/mol. The minimum atomic E-state index is -0.934. The first-order valence-electron chi connectivity index (χ1n) is 13.8. The lowest BCUT2D eigenvalue weighted by Gasteiger charge is -2.32. The van der Waals surface area contributed by atoms with Gasteiger partial charge in [-0.05, 0) is 44.5 Å². The summed E-state index contributed by atoms with van der Waals surface area (Å²) in [5, 5.41) is 14.8. The summed E-state index contributed by atoms with van der Waals surface area (Å²) in [4.78, 5) is 40.5. The Labute approximate surface area is 245 Å². The number of ether oxygens (including phenoxy) is 2. The maximum Gasteiger partial charge on any atom is 0.337 e. The molecule has 1 aliphatic heterocycles. The van der Waals surface area contributed by atoms with Crippen molar-refractivity contribution in [3.05, 3.63) is 134 Å². The van der Waals surface area contributed by atoms with E-state index in [-0.39, 0.29) is 23.4 Å². The maximum atomic E-state index is 14.1. The molecule has 0 amide bonds. The van der Waals surface area contributed by atoms with Crippen molar-refractivity contribution in [2.75, 3.05) is 20.2 Å². The number of allylic oxidation sites excluding steroid dienone is 2. The molecule has 0 bridgehead atoms. The number of carbonyl (C=O) groups excluding carboxylic acids is 2. The van der Waals surface area contributed by atoms with Crippen molar-refractivity contribution in [2.24, 2.45) is 0 Å². The summed E-state index contributed by atoms with van der Waals surface area (Å²) < 4.78 is 11.6. The number of esters is 2. The van der Waals surface area contributed by atoms with Crippen LogP contribution in [0.25, 0.3) is 0 Å². The standard InChI is InChI=1S/C33H35N3O6/c1-5-41-32(37)29-22(2)34-23(3)30(31(29)26-17-12-18-27(19-26)36(39)40)33(38)42-28(25-15-10-7-11-16-25)21-35(4)20-24-13-8-6-9-14-24/h6-19,28,31,34H,5,20-21H2,1-4H3. The van der Waals surface area contributed by atoms with Gasteiger partial charge in [0.05, 0.1) is 28.6 Å². The number of nitro benzene ring substituents is 1. The van der Waals surface area contributed by atoms with E-state index in [1.165, 1.54) is 18.2 Å². The molecule has 0 aliphatic carbocycles. The van der Waals surface area contributed by atoms with Crippen LogP contribution in [-0.2, 0) is 25.6 Å². The summed E-state index contributed by atoms with van der Waals surface area (Å²) in [6, 6.07) is 25.4. The lowest BCUT2D eigenvalue weighted by molar-refractivity contribution is -0.384. The van der Waals surface area contributed by atoms with Crippen molar-refractivity contribution in [2.45, 2.75) is 39.3 Å². The van der Waals surface area contributed by atoms with Gasteiger partial charge in [0.15, 0.2) is 0 Å². The Morgan fingerprint density at radius 1 is 0.929 bits per heavy atom. The zero-order valence-electron chi connectivity index (χ0n) is 24.2. The van der Waals surface area contributed by atoms with Crippen molar-refractivity contribution < 1.29 is 24.0 Å². The Bertz CT molecular complexity index is 1500. The highest BCUT2D eigenvalue weighted by atomic mass is 16.6. The van der Waals surface area contributed by atoms with Gasteiger partial charge >= 0.3 is 11.9 Å². The highest BCUT2D eigenvalue weighted by Gasteiger charge is 2.39. The summed E-state index contributed by atoms with van der Waals surface area (Å²) in [5.41, 5.74) is 3.59. The number of dihydropyridines is 1. The second-order valence-corrected chi connectivity index (χ2v) is 10.2. The van der Waals surface area contributed by atoms with Crippen LogP contribution in [0.4, 0.5) is 5.69 Å². The fourth-order valence-corrected chi connectivity index (χ4v) is 5.21. The number of hydrogen-bond acceptors (Lipinski definition) is 8. The van der Waals surface area contributed by atoms with Gasteiger partial charge in [0, 0.05) is 36.6 Å². The first-order chi connectivity index (χ1) is 20.2. The predicted molar refractivity (Wildman–Crippen MR) is 159 cm³/mol. The van der Waals surface area contributed by atoms with Gasteiger partial charge in [-0.1, -0.05) is 72.8 Å². The molecule has 4 rings (SSSR count). The highest BCUT2D eigenvalue weighted by Crippen LogP contribution is 2.41. The van der Waals surface area contributed by atoms with Crippen molar-refractivity contribution in [3.8, 4) is 0 Å². The van der Waals surface area contributed by atoms with Gasteiger partial charge in [0.1, 0.15) is 6.10 Å². The van der Waals surface area contributed by atoms with Crippen LogP contribution in [0, 0.1) is 10.1 Å². The molecule has 9 nitrogen and oxygen atoms in total. The quantitative estimate of drug-likeness (QED) is 0.175. The van der Waals surface area contributed by atoms with E-state index in [1.54, 1.807) is 26.8 Å². The second kappa shape index (κ2) is 13.7. The van der Waals surface area contributed by atoms with E-state index in [2.05, 4.69) is 10.2 Å². The molecule has 1 aliphatic rings. The zero-order valence-corrected chi connectivity index (χ0v) is 24.2. The van der Waals surface area contributed by atoms with Gasteiger partial charge in [0.25, 0.3) is 5.69 Å². The summed E-state index contributed by atoms with van der Waals surface area (Å²) in [6.07, 6.45) is -0.628. The molecular formula is C33H35N3O6. The molecule has 3 aromatic carbocycles. The van der Waals surface area contributed by atoms with Gasteiger partial charge < -0.3 is 14.8 Å². The lowest BCUT2D eigenvalue weighted by Crippen LogP contribution is -2.34. The summed E-state index contributed by atoms with van der Waals surface area (Å²) in [7, 11) is 1.96. The number of benzene rings is 3. The van der Waals surface area contributed by atoms with Crippen LogP contribution in [0.3, 0.4) is 0 Å². The van der Waals surface area contributed by atoms with E-state index in [1.807, 2.05) is 67.7 Å². The van der Waals surface area contributed by atoms with Gasteiger partial charge in [-0.2, -0.15) is 0 Å². The third kappa shape index (κ3) is 7.11. The van der Waals surface area contributed by atoms with Crippen molar-refractivity contribution in [1.29, 1.82) is 0 Å². The van der Waals surface area contributed by atoms with Crippen LogP contribution in [-0.4, -0.2) is 42.0 Å². The van der Waals surface area contributed by atoms with Gasteiger partial charge in [-0.3, -0.25) is 15.0 Å². The molecule has 2 atom stereocenters. The Morgan fingerprint density at radius 3 is 2.17 bits per heavy atom. The van der Waals surface area contributed by atoms with E-state index in [0.29, 0.717) is 30.0 Å². The molecule has 0 radical (unpaired) electrons. The fourth-order valence-electron chi connectivity index (χ4n) is 5.21. The second-order valence-electron chi connectivity index (χ2n) is 10.2. The van der Waals surface area contributed by atoms with E-state index < -0.39 is 28.9 Å². The molecule has 9 heteroatoms. The predicted octanol–water partition coefficient (Wildman–Crippen LogP) is 5.81. The Kier molecular flexibility index (Phi) is 9.88. The molecule has 0 saturated carbocycles. The number of nitrogens with zero attached hydrogens (tertiary/aromatic N) is 2. The third-order valence-corrected chi connectivity index (χ3v) is 7.08. The number of hydrogen-bond donors (Lipinski definition) is 1. The minimum absolute atomic E-state index is 0.129. The largest absolute Gasteiger partial charge is 0.463 e. The number of nitrogens with one attached hydrogen (secondary N) is 1. The lowest BCUT2D eigenvalue weighted by atomic mass is 9.80. The normalized spacial score (nSPS) is 15.7. The number of rotatable bonds is 11. The number of carbonyl (C=O) groups is 2. The molecule has 0 saturated heterocycles. The van der Waals surface area contributed by atoms with E-state index in [9.17, 15) is 19.7 Å². The molecule has 2 unspecified atom stereocenters. The van der Waals surface area contributed by atoms with Crippen LogP contribution in [0.5, 0.6) is 0 Å². The number of nitro groups is 1. The molecule has 0 spiro atoms. The molecule has 218 valence electrons. The number of likely N-dealkylation sites (N-methyl/N-ethyl adjacent to an activating group) is 1. The fraction of sp³-hybridized carbons (Fsp3) is 0.273. The van der Waals surface area contributed by atoms with E-state index in [0.717, 1.165) is 11.1 Å². The van der Waals surface area contributed by atoms with Crippen LogP contribution < -0.4 is 5.32 Å². The Hall–Kier alpha value is -4.76. The van der Waals surface area contributed by atoms with Crippen molar-refractivity contribution in [1.82, 2.24) is 10.2 Å². The van der Waals surface area contributed by atoms with Crippen LogP contribution in [0.15, 0.2) is 107 Å². The smallest absolute Gasteiger partial charge is 0.337 e. The van der Waals surface area contributed by atoms with Gasteiger partial charge in [0.2, 0.25) is 0 Å². The van der Waals surface area contributed by atoms with E-state index in [4.69, 9.17) is 9.47 Å². The SMILES string of the molecule is CCOC(=O)C1=C(C)NC(C)=C(C(=O)OC(CN(C)Cc2ccccc2)c2ccccc2)C1c1cccc([N+](=O)[O-])c1. The Balaban J connectivity index is 1.72. The molecule has 0 fully saturated rings. The number of non-ortho nitro benzene ring substituents is 1. The third-order valence-electron chi connectivity index (χ3n) is 7.08. The Morgan fingerprint density at radius 2 is 1.55 bits per heavy atom. The van der Waals surface area contributed by atoms with Crippen LogP contribution in [0.1, 0.15) is 49.5 Å². The van der Waals surface area contributed by atoms with Gasteiger partial charge in [-0.15, -0.1) is 0 Å². The topological polar surface area (TPSA) is 111 Å². The minimum Gasteiger partial charge on any atom is -0.463 e.